The Balaban J connectivity index is 1.60. The smallest absolute Gasteiger partial charge is 0.306 e. The second-order valence-corrected chi connectivity index (χ2v) is 8.66. The SMILES string of the molecule is COc1ccc(C#N)cc1C(C)Nc1ncc(C(=O)NC[C@H]2CC[C@H](C(=O)O)CC2)cc1Cl. The number of halogens is 1. The molecule has 0 saturated heterocycles. The fourth-order valence-corrected chi connectivity index (χ4v) is 4.27. The van der Waals surface area contributed by atoms with Gasteiger partial charge >= 0.3 is 5.97 Å². The van der Waals surface area contributed by atoms with Gasteiger partial charge in [-0.25, -0.2) is 4.98 Å². The summed E-state index contributed by atoms with van der Waals surface area (Å²) in [5.74, 6) is 0.0412. The van der Waals surface area contributed by atoms with Crippen molar-refractivity contribution in [1.29, 1.82) is 5.26 Å². The van der Waals surface area contributed by atoms with Crippen LogP contribution in [0.15, 0.2) is 30.5 Å². The lowest BCUT2D eigenvalue weighted by Crippen LogP contribution is -2.32. The average molecular weight is 471 g/mol. The molecule has 174 valence electrons. The fraction of sp³-hybridized carbons (Fsp3) is 0.417. The molecule has 33 heavy (non-hydrogen) atoms. The van der Waals surface area contributed by atoms with Crippen molar-refractivity contribution < 1.29 is 19.4 Å². The molecule has 9 heteroatoms. The fourth-order valence-electron chi connectivity index (χ4n) is 4.05. The summed E-state index contributed by atoms with van der Waals surface area (Å²) < 4.78 is 5.39. The van der Waals surface area contributed by atoms with E-state index in [9.17, 15) is 14.9 Å². The van der Waals surface area contributed by atoms with Crippen molar-refractivity contribution in [1.82, 2.24) is 10.3 Å². The predicted octanol–water partition coefficient (Wildman–Crippen LogP) is 4.41. The van der Waals surface area contributed by atoms with Crippen LogP contribution in [0.5, 0.6) is 5.75 Å². The minimum atomic E-state index is -0.738. The second kappa shape index (κ2) is 11.0. The van der Waals surface area contributed by atoms with E-state index < -0.39 is 5.97 Å². The van der Waals surface area contributed by atoms with Crippen LogP contribution in [0.3, 0.4) is 0 Å². The van der Waals surface area contributed by atoms with E-state index in [1.807, 2.05) is 6.92 Å². The van der Waals surface area contributed by atoms with Crippen LogP contribution in [-0.4, -0.2) is 35.6 Å². The number of carboxylic acids is 1. The third kappa shape index (κ3) is 6.14. The maximum absolute atomic E-state index is 12.5. The van der Waals surface area contributed by atoms with Crippen LogP contribution in [0.4, 0.5) is 5.82 Å². The number of nitrogens with one attached hydrogen (secondary N) is 2. The molecule has 1 heterocycles. The number of aromatic nitrogens is 1. The molecule has 1 saturated carbocycles. The highest BCUT2D eigenvalue weighted by molar-refractivity contribution is 6.33. The summed E-state index contributed by atoms with van der Waals surface area (Å²) in [6, 6.07) is 8.59. The normalized spacial score (nSPS) is 18.6. The first-order valence-corrected chi connectivity index (χ1v) is 11.2. The number of rotatable bonds is 8. The molecular formula is C24H27ClN4O4. The van der Waals surface area contributed by atoms with Crippen molar-refractivity contribution >= 4 is 29.3 Å². The number of nitrogens with zero attached hydrogens (tertiary/aromatic N) is 2. The van der Waals surface area contributed by atoms with Gasteiger partial charge in [-0.15, -0.1) is 0 Å². The number of nitriles is 1. The van der Waals surface area contributed by atoms with Gasteiger partial charge in [0.05, 0.1) is 41.3 Å². The van der Waals surface area contributed by atoms with Crippen molar-refractivity contribution in [2.45, 2.75) is 38.6 Å². The van der Waals surface area contributed by atoms with Gasteiger partial charge in [-0.2, -0.15) is 5.26 Å². The Kier molecular flexibility index (Phi) is 8.12. The first kappa shape index (κ1) is 24.3. The highest BCUT2D eigenvalue weighted by atomic mass is 35.5. The van der Waals surface area contributed by atoms with Gasteiger partial charge in [0, 0.05) is 18.3 Å². The summed E-state index contributed by atoms with van der Waals surface area (Å²) >= 11 is 6.39. The molecule has 1 unspecified atom stereocenters. The van der Waals surface area contributed by atoms with Gasteiger partial charge < -0.3 is 20.5 Å². The largest absolute Gasteiger partial charge is 0.496 e. The number of benzene rings is 1. The molecule has 1 aliphatic rings. The van der Waals surface area contributed by atoms with Crippen LogP contribution in [-0.2, 0) is 4.79 Å². The van der Waals surface area contributed by atoms with Crippen LogP contribution in [0.25, 0.3) is 0 Å². The predicted molar refractivity (Wildman–Crippen MR) is 124 cm³/mol. The van der Waals surface area contributed by atoms with Crippen molar-refractivity contribution in [2.75, 3.05) is 19.0 Å². The van der Waals surface area contributed by atoms with E-state index in [0.29, 0.717) is 47.1 Å². The molecule has 3 rings (SSSR count). The number of amides is 1. The number of hydrogen-bond acceptors (Lipinski definition) is 6. The van der Waals surface area contributed by atoms with Gasteiger partial charge in [0.1, 0.15) is 11.6 Å². The molecule has 0 bridgehead atoms. The molecule has 8 nitrogen and oxygen atoms in total. The van der Waals surface area contributed by atoms with E-state index in [1.165, 1.54) is 6.20 Å². The number of aliphatic carboxylic acids is 1. The number of carbonyl (C=O) groups excluding carboxylic acids is 1. The first-order valence-electron chi connectivity index (χ1n) is 10.8. The zero-order valence-corrected chi connectivity index (χ0v) is 19.4. The number of anilines is 1. The van der Waals surface area contributed by atoms with Crippen LogP contribution in [0, 0.1) is 23.2 Å². The Morgan fingerprint density at radius 1 is 1.30 bits per heavy atom. The maximum atomic E-state index is 12.5. The minimum Gasteiger partial charge on any atom is -0.496 e. The molecule has 1 aromatic heterocycles. The minimum absolute atomic E-state index is 0.251. The number of pyridine rings is 1. The number of ether oxygens (including phenoxy) is 1. The van der Waals surface area contributed by atoms with Crippen LogP contribution in [0.2, 0.25) is 5.02 Å². The molecule has 2 aromatic rings. The van der Waals surface area contributed by atoms with E-state index in [4.69, 9.17) is 21.4 Å². The van der Waals surface area contributed by atoms with E-state index in [-0.39, 0.29) is 23.8 Å². The van der Waals surface area contributed by atoms with Crippen LogP contribution in [0.1, 0.15) is 60.1 Å². The van der Waals surface area contributed by atoms with Crippen molar-refractivity contribution in [3.8, 4) is 11.8 Å². The monoisotopic (exact) mass is 470 g/mol. The topological polar surface area (TPSA) is 124 Å². The zero-order chi connectivity index (χ0) is 24.0. The summed E-state index contributed by atoms with van der Waals surface area (Å²) in [7, 11) is 1.56. The lowest BCUT2D eigenvalue weighted by Gasteiger charge is -2.26. The summed E-state index contributed by atoms with van der Waals surface area (Å²) in [6.07, 6.45) is 4.31. The van der Waals surface area contributed by atoms with E-state index in [2.05, 4.69) is 21.7 Å². The van der Waals surface area contributed by atoms with Crippen LogP contribution >= 0.6 is 11.6 Å². The molecule has 3 N–H and O–H groups in total. The van der Waals surface area contributed by atoms with Gasteiger partial charge in [0.25, 0.3) is 5.91 Å². The average Bonchev–Trinajstić information content (AvgIpc) is 2.83. The molecule has 0 aliphatic heterocycles. The summed E-state index contributed by atoms with van der Waals surface area (Å²) in [5, 5.41) is 24.7. The van der Waals surface area contributed by atoms with Gasteiger partial charge in [0.15, 0.2) is 0 Å². The van der Waals surface area contributed by atoms with E-state index in [0.717, 1.165) is 18.4 Å². The molecule has 1 amide bonds. The maximum Gasteiger partial charge on any atom is 0.306 e. The van der Waals surface area contributed by atoms with Crippen LogP contribution < -0.4 is 15.4 Å². The van der Waals surface area contributed by atoms with Gasteiger partial charge in [0.2, 0.25) is 0 Å². The summed E-state index contributed by atoms with van der Waals surface area (Å²) in [5.41, 5.74) is 1.65. The Hall–Kier alpha value is -3.31. The van der Waals surface area contributed by atoms with Gasteiger partial charge in [-0.05, 0) is 62.8 Å². The molecule has 1 aliphatic carbocycles. The van der Waals surface area contributed by atoms with Crippen molar-refractivity contribution in [3.63, 3.8) is 0 Å². The lowest BCUT2D eigenvalue weighted by atomic mass is 9.82. The van der Waals surface area contributed by atoms with Crippen molar-refractivity contribution in [2.24, 2.45) is 11.8 Å². The third-order valence-corrected chi connectivity index (χ3v) is 6.32. The number of methoxy groups -OCH3 is 1. The Morgan fingerprint density at radius 2 is 2.03 bits per heavy atom. The molecular weight excluding hydrogens is 444 g/mol. The zero-order valence-electron chi connectivity index (χ0n) is 18.6. The highest BCUT2D eigenvalue weighted by Crippen LogP contribution is 2.31. The third-order valence-electron chi connectivity index (χ3n) is 6.03. The Morgan fingerprint density at radius 3 is 2.64 bits per heavy atom. The highest BCUT2D eigenvalue weighted by Gasteiger charge is 2.26. The molecule has 1 aromatic carbocycles. The van der Waals surface area contributed by atoms with Crippen molar-refractivity contribution in [3.05, 3.63) is 52.2 Å². The molecule has 1 atom stereocenters. The first-order chi connectivity index (χ1) is 15.8. The second-order valence-electron chi connectivity index (χ2n) is 8.25. The standard InChI is InChI=1S/C24H27ClN4O4/c1-14(19-9-16(11-26)5-8-21(19)33-2)29-22-20(25)10-18(13-27-22)23(30)28-12-15-3-6-17(7-4-15)24(31)32/h5,8-10,13-15,17H,3-4,6-7,12H2,1-2H3,(H,27,29)(H,28,30)(H,31,32)/t14?,15-,17-. The Bertz CT molecular complexity index is 1060. The summed E-state index contributed by atoms with van der Waals surface area (Å²) in [4.78, 5) is 27.9. The number of carbonyl (C=O) groups is 2. The summed E-state index contributed by atoms with van der Waals surface area (Å²) in [6.45, 7) is 2.39. The lowest BCUT2D eigenvalue weighted by molar-refractivity contribution is -0.143. The van der Waals surface area contributed by atoms with Gasteiger partial charge in [-0.1, -0.05) is 11.6 Å². The Labute approximate surface area is 197 Å². The quantitative estimate of drug-likeness (QED) is 0.521. The molecule has 0 radical (unpaired) electrons. The molecule has 0 spiro atoms. The molecule has 1 fully saturated rings. The number of hydrogen-bond donors (Lipinski definition) is 3. The van der Waals surface area contributed by atoms with E-state index in [1.54, 1.807) is 31.4 Å². The number of carboxylic acid groups (broad SMARTS) is 1. The van der Waals surface area contributed by atoms with Gasteiger partial charge in [-0.3, -0.25) is 9.59 Å². The van der Waals surface area contributed by atoms with E-state index >= 15 is 0 Å².